The Balaban J connectivity index is 2.04. The van der Waals surface area contributed by atoms with E-state index in [0.717, 1.165) is 4.90 Å². The van der Waals surface area contributed by atoms with Crippen LogP contribution >= 0.6 is 0 Å². The fraction of sp³-hybridized carbons (Fsp3) is 0.231. The van der Waals surface area contributed by atoms with E-state index in [-0.39, 0.29) is 0 Å². The smallest absolute Gasteiger partial charge is 0.276 e. The molecule has 1 aromatic carbocycles. The van der Waals surface area contributed by atoms with Gasteiger partial charge in [0, 0.05) is 0 Å². The van der Waals surface area contributed by atoms with Crippen molar-refractivity contribution >= 4 is 23.5 Å². The van der Waals surface area contributed by atoms with Crippen molar-refractivity contribution in [2.75, 3.05) is 4.90 Å². The first-order valence-electron chi connectivity index (χ1n) is 5.79. The first-order chi connectivity index (χ1) is 9.08. The van der Waals surface area contributed by atoms with E-state index in [2.05, 4.69) is 5.32 Å². The molecular weight excluding hydrogens is 246 g/mol. The minimum atomic E-state index is -1.07. The van der Waals surface area contributed by atoms with Crippen LogP contribution < -0.4 is 10.2 Å². The molecule has 6 nitrogen and oxygen atoms in total. The number of urea groups is 1. The number of benzene rings is 1. The van der Waals surface area contributed by atoms with Crippen LogP contribution in [-0.4, -0.2) is 17.8 Å². The summed E-state index contributed by atoms with van der Waals surface area (Å²) in [6.45, 7) is 0. The van der Waals surface area contributed by atoms with Gasteiger partial charge < -0.3 is 0 Å². The molecule has 3 rings (SSSR count). The van der Waals surface area contributed by atoms with Crippen molar-refractivity contribution in [3.8, 4) is 6.07 Å². The summed E-state index contributed by atoms with van der Waals surface area (Å²) in [5.41, 5.74) is -0.420. The molecule has 0 bridgehead atoms. The van der Waals surface area contributed by atoms with Gasteiger partial charge in [0.1, 0.15) is 5.41 Å². The number of hydrogen-bond donors (Lipinski definition) is 1. The van der Waals surface area contributed by atoms with Crippen LogP contribution in [0.5, 0.6) is 0 Å². The topological polar surface area (TPSA) is 90.3 Å². The maximum Gasteiger partial charge on any atom is 0.335 e. The Hall–Kier alpha value is -2.68. The number of nitriles is 1. The fourth-order valence-corrected chi connectivity index (χ4v) is 2.19. The molecule has 1 N–H and O–H groups in total. The number of hydrogen-bond acceptors (Lipinski definition) is 4. The standard InChI is InChI=1S/C13H9N3O3/c14-7-8-2-1-3-9(6-8)16-11(18)13(4-5-13)10(17)15-12(16)19/h1-3,6H,4-5H2,(H,15,17,19). The van der Waals surface area contributed by atoms with Gasteiger partial charge in [0.25, 0.3) is 5.91 Å². The Labute approximate surface area is 108 Å². The van der Waals surface area contributed by atoms with Crippen LogP contribution in [0.15, 0.2) is 24.3 Å². The zero-order valence-corrected chi connectivity index (χ0v) is 9.84. The molecule has 1 aliphatic heterocycles. The minimum Gasteiger partial charge on any atom is -0.276 e. The van der Waals surface area contributed by atoms with Crippen LogP contribution in [0.2, 0.25) is 0 Å². The zero-order chi connectivity index (χ0) is 13.6. The summed E-state index contributed by atoms with van der Waals surface area (Å²) in [5.74, 6) is -1.02. The van der Waals surface area contributed by atoms with Gasteiger partial charge in [-0.15, -0.1) is 0 Å². The molecule has 1 spiro atoms. The molecule has 4 amide bonds. The molecule has 19 heavy (non-hydrogen) atoms. The Morgan fingerprint density at radius 2 is 2.00 bits per heavy atom. The lowest BCUT2D eigenvalue weighted by molar-refractivity contribution is -0.136. The average molecular weight is 255 g/mol. The number of carbonyl (C=O) groups is 3. The lowest BCUT2D eigenvalue weighted by Gasteiger charge is -2.30. The summed E-state index contributed by atoms with van der Waals surface area (Å²) in [6, 6.07) is 7.36. The SMILES string of the molecule is N#Cc1cccc(N2C(=O)NC(=O)C3(CC3)C2=O)c1. The molecule has 1 heterocycles. The summed E-state index contributed by atoms with van der Waals surface area (Å²) in [7, 11) is 0. The van der Waals surface area contributed by atoms with Gasteiger partial charge in [-0.25, -0.2) is 9.69 Å². The molecule has 0 radical (unpaired) electrons. The second-order valence-corrected chi connectivity index (χ2v) is 4.64. The number of rotatable bonds is 1. The van der Waals surface area contributed by atoms with E-state index in [4.69, 9.17) is 5.26 Å². The van der Waals surface area contributed by atoms with Gasteiger partial charge in [0.2, 0.25) is 5.91 Å². The van der Waals surface area contributed by atoms with E-state index in [1.807, 2.05) is 6.07 Å². The highest BCUT2D eigenvalue weighted by Crippen LogP contribution is 2.49. The number of anilines is 1. The predicted molar refractivity (Wildman–Crippen MR) is 63.8 cm³/mol. The van der Waals surface area contributed by atoms with Gasteiger partial charge in [0.15, 0.2) is 0 Å². The van der Waals surface area contributed by atoms with E-state index >= 15 is 0 Å². The molecule has 1 aromatic rings. The normalized spacial score (nSPS) is 20.2. The Bertz CT molecular complexity index is 655. The van der Waals surface area contributed by atoms with Gasteiger partial charge in [-0.05, 0) is 31.0 Å². The second kappa shape index (κ2) is 3.65. The van der Waals surface area contributed by atoms with Crippen molar-refractivity contribution in [3.05, 3.63) is 29.8 Å². The zero-order valence-electron chi connectivity index (χ0n) is 9.84. The third kappa shape index (κ3) is 1.52. The summed E-state index contributed by atoms with van der Waals surface area (Å²) in [5, 5.41) is 11.0. The first kappa shape index (κ1) is 11.4. The van der Waals surface area contributed by atoms with Crippen molar-refractivity contribution in [3.63, 3.8) is 0 Å². The Morgan fingerprint density at radius 1 is 1.26 bits per heavy atom. The molecule has 2 fully saturated rings. The first-order valence-corrected chi connectivity index (χ1v) is 5.79. The van der Waals surface area contributed by atoms with Gasteiger partial charge >= 0.3 is 6.03 Å². The maximum absolute atomic E-state index is 12.3. The van der Waals surface area contributed by atoms with E-state index in [0.29, 0.717) is 24.1 Å². The predicted octanol–water partition coefficient (Wildman–Crippen LogP) is 0.921. The monoisotopic (exact) mass is 255 g/mol. The van der Waals surface area contributed by atoms with Gasteiger partial charge in [-0.2, -0.15) is 5.26 Å². The van der Waals surface area contributed by atoms with Crippen molar-refractivity contribution in [2.24, 2.45) is 5.41 Å². The van der Waals surface area contributed by atoms with E-state index in [1.165, 1.54) is 6.07 Å². The molecular formula is C13H9N3O3. The van der Waals surface area contributed by atoms with E-state index in [1.54, 1.807) is 18.2 Å². The van der Waals surface area contributed by atoms with Gasteiger partial charge in [0.05, 0.1) is 17.3 Å². The molecule has 1 aliphatic carbocycles. The van der Waals surface area contributed by atoms with Crippen LogP contribution in [0.3, 0.4) is 0 Å². The van der Waals surface area contributed by atoms with Crippen molar-refractivity contribution in [1.82, 2.24) is 5.32 Å². The summed E-state index contributed by atoms with van der Waals surface area (Å²) in [4.78, 5) is 36.7. The minimum absolute atomic E-state index is 0.306. The average Bonchev–Trinajstić information content (AvgIpc) is 3.19. The number of nitrogens with zero attached hydrogens (tertiary/aromatic N) is 2. The van der Waals surface area contributed by atoms with Crippen LogP contribution in [0, 0.1) is 16.7 Å². The number of barbiturate groups is 1. The van der Waals surface area contributed by atoms with Crippen LogP contribution in [0.25, 0.3) is 0 Å². The van der Waals surface area contributed by atoms with E-state index < -0.39 is 23.3 Å². The lowest BCUT2D eigenvalue weighted by atomic mass is 10.0. The molecule has 6 heteroatoms. The Morgan fingerprint density at radius 3 is 2.63 bits per heavy atom. The summed E-state index contributed by atoms with van der Waals surface area (Å²) in [6.07, 6.45) is 0.915. The van der Waals surface area contributed by atoms with E-state index in [9.17, 15) is 14.4 Å². The molecule has 0 atom stereocenters. The summed E-state index contributed by atoms with van der Waals surface area (Å²) >= 11 is 0. The second-order valence-electron chi connectivity index (χ2n) is 4.64. The highest BCUT2D eigenvalue weighted by Gasteiger charge is 2.62. The van der Waals surface area contributed by atoms with Crippen LogP contribution in [0.1, 0.15) is 18.4 Å². The quantitative estimate of drug-likeness (QED) is 0.755. The largest absolute Gasteiger partial charge is 0.335 e. The van der Waals surface area contributed by atoms with Gasteiger partial charge in [-0.3, -0.25) is 14.9 Å². The number of imide groups is 2. The van der Waals surface area contributed by atoms with Crippen molar-refractivity contribution in [2.45, 2.75) is 12.8 Å². The van der Waals surface area contributed by atoms with Crippen molar-refractivity contribution < 1.29 is 14.4 Å². The Kier molecular flexibility index (Phi) is 2.20. The molecule has 0 aromatic heterocycles. The maximum atomic E-state index is 12.3. The molecule has 1 saturated heterocycles. The summed E-state index contributed by atoms with van der Waals surface area (Å²) < 4.78 is 0. The molecule has 94 valence electrons. The van der Waals surface area contributed by atoms with Crippen LogP contribution in [-0.2, 0) is 9.59 Å². The third-order valence-corrected chi connectivity index (χ3v) is 3.45. The molecule has 2 aliphatic rings. The molecule has 0 unspecified atom stereocenters. The van der Waals surface area contributed by atoms with Gasteiger partial charge in [-0.1, -0.05) is 6.07 Å². The van der Waals surface area contributed by atoms with Crippen molar-refractivity contribution in [1.29, 1.82) is 5.26 Å². The highest BCUT2D eigenvalue weighted by molar-refractivity contribution is 6.31. The molecule has 1 saturated carbocycles. The third-order valence-electron chi connectivity index (χ3n) is 3.45. The number of amides is 4. The van der Waals surface area contributed by atoms with Crippen LogP contribution in [0.4, 0.5) is 10.5 Å². The number of carbonyl (C=O) groups excluding carboxylic acids is 3. The fourth-order valence-electron chi connectivity index (χ4n) is 2.19. The highest BCUT2D eigenvalue weighted by atomic mass is 16.2. The lowest BCUT2D eigenvalue weighted by Crippen LogP contribution is -2.59. The number of nitrogens with one attached hydrogen (secondary N) is 1.